The number of aromatic nitrogens is 1. The molecule has 0 aromatic carbocycles. The molecule has 2 atom stereocenters. The van der Waals surface area contributed by atoms with Crippen molar-refractivity contribution in [1.29, 1.82) is 0 Å². The van der Waals surface area contributed by atoms with Crippen molar-refractivity contribution >= 4 is 22.9 Å². The van der Waals surface area contributed by atoms with Crippen molar-refractivity contribution in [2.75, 3.05) is 53.1 Å². The number of amides is 2. The van der Waals surface area contributed by atoms with Crippen molar-refractivity contribution in [3.8, 4) is 5.88 Å². The lowest BCUT2D eigenvalue weighted by Crippen LogP contribution is -2.43. The number of hydrogen-bond acceptors (Lipinski definition) is 6. The highest BCUT2D eigenvalue weighted by molar-refractivity contribution is 6.62. The Morgan fingerprint density at radius 3 is 2.53 bits per heavy atom. The third-order valence-electron chi connectivity index (χ3n) is 7.36. The molecule has 0 N–H and O–H groups in total. The third kappa shape index (κ3) is 4.32. The molecule has 1 aliphatic carbocycles. The van der Waals surface area contributed by atoms with Crippen LogP contribution in [0.3, 0.4) is 0 Å². The van der Waals surface area contributed by atoms with Crippen LogP contribution in [-0.4, -0.2) is 84.8 Å². The molecule has 1 aromatic rings. The number of likely N-dealkylation sites (tertiary alicyclic amines) is 2. The predicted molar refractivity (Wildman–Crippen MR) is 117 cm³/mol. The summed E-state index contributed by atoms with van der Waals surface area (Å²) in [7, 11) is 1.64. The highest BCUT2D eigenvalue weighted by Gasteiger charge is 2.55. The van der Waals surface area contributed by atoms with Crippen molar-refractivity contribution in [2.24, 2.45) is 11.8 Å². The van der Waals surface area contributed by atoms with Crippen LogP contribution in [0.5, 0.6) is 5.88 Å². The molecule has 1 saturated carbocycles. The number of fused-ring (bicyclic) bond motifs is 1. The van der Waals surface area contributed by atoms with E-state index in [1.165, 1.54) is 0 Å². The Morgan fingerprint density at radius 1 is 1.16 bits per heavy atom. The van der Waals surface area contributed by atoms with E-state index in [2.05, 4.69) is 0 Å². The second kappa shape index (κ2) is 8.80. The van der Waals surface area contributed by atoms with Gasteiger partial charge in [0.2, 0.25) is 5.88 Å². The summed E-state index contributed by atoms with van der Waals surface area (Å²) in [6.45, 7) is 4.03. The number of ether oxygens (including phenoxy) is 3. The highest BCUT2D eigenvalue weighted by atomic mass is 35.5. The van der Waals surface area contributed by atoms with Crippen LogP contribution in [0, 0.1) is 11.8 Å². The topological polar surface area (TPSA) is 81.2 Å². The number of pyridine rings is 1. The van der Waals surface area contributed by atoms with Crippen molar-refractivity contribution < 1.29 is 23.8 Å². The number of nitrogens with zero attached hydrogens (tertiary/aromatic N) is 3. The minimum Gasteiger partial charge on any atom is -0.477 e. The van der Waals surface area contributed by atoms with Gasteiger partial charge < -0.3 is 24.0 Å². The molecule has 1 aromatic heterocycles. The van der Waals surface area contributed by atoms with Gasteiger partial charge in [-0.3, -0.25) is 9.59 Å². The van der Waals surface area contributed by atoms with E-state index >= 15 is 0 Å². The lowest BCUT2D eigenvalue weighted by atomic mass is 9.95. The maximum Gasteiger partial charge on any atom is 0.316 e. The molecular formula is C23H30ClN3O5. The second-order valence-corrected chi connectivity index (χ2v) is 9.87. The number of rotatable bonds is 6. The Morgan fingerprint density at radius 2 is 1.88 bits per heavy atom. The van der Waals surface area contributed by atoms with Crippen LogP contribution in [-0.2, 0) is 9.47 Å². The van der Waals surface area contributed by atoms with E-state index < -0.39 is 11.0 Å². The fourth-order valence-corrected chi connectivity index (χ4v) is 5.33. The van der Waals surface area contributed by atoms with Gasteiger partial charge in [-0.2, -0.15) is 0 Å². The van der Waals surface area contributed by atoms with Gasteiger partial charge in [0.05, 0.1) is 19.7 Å². The third-order valence-corrected chi connectivity index (χ3v) is 7.60. The molecule has 3 saturated heterocycles. The fourth-order valence-electron chi connectivity index (χ4n) is 5.20. The van der Waals surface area contributed by atoms with Crippen molar-refractivity contribution in [3.63, 3.8) is 0 Å². The average molecular weight is 464 g/mol. The summed E-state index contributed by atoms with van der Waals surface area (Å²) < 4.78 is 17.3. The molecule has 9 heteroatoms. The van der Waals surface area contributed by atoms with E-state index in [-0.39, 0.29) is 11.8 Å². The molecule has 2 amide bonds. The summed E-state index contributed by atoms with van der Waals surface area (Å²) in [6.07, 6.45) is 4.18. The first-order chi connectivity index (χ1) is 15.5. The molecular weight excluding hydrogens is 434 g/mol. The van der Waals surface area contributed by atoms with E-state index in [1.54, 1.807) is 18.1 Å². The van der Waals surface area contributed by atoms with E-state index in [4.69, 9.17) is 30.8 Å². The zero-order chi connectivity index (χ0) is 22.3. The summed E-state index contributed by atoms with van der Waals surface area (Å²) in [5, 5.41) is -0.469. The average Bonchev–Trinajstić information content (AvgIpc) is 3.50. The number of carbonyl (C=O) groups excluding carboxylic acids is 2. The van der Waals surface area contributed by atoms with Crippen LogP contribution < -0.4 is 4.74 Å². The van der Waals surface area contributed by atoms with Crippen molar-refractivity contribution in [3.05, 3.63) is 23.4 Å². The standard InChI is InChI=1S/C23H30ClN3O5/c1-30-23-13-26(10-18(23)11-27(14-23)22(24)29)21(28)17-8-19(16-2-3-16)25-20(9-17)32-12-15-4-6-31-7-5-15/h8-9,15-16,18H,2-7,10-14H2,1H3/t18-,23+/m0/s1. The SMILES string of the molecule is CO[C@]12CN(C(=O)Cl)C[C@@H]1CN(C(=O)c1cc(OCC3CCOCC3)nc(C3CC3)c1)C2. The van der Waals surface area contributed by atoms with Crippen LogP contribution >= 0.6 is 11.6 Å². The molecule has 32 heavy (non-hydrogen) atoms. The van der Waals surface area contributed by atoms with Gasteiger partial charge in [0.15, 0.2) is 0 Å². The summed E-state index contributed by atoms with van der Waals surface area (Å²) in [4.78, 5) is 33.2. The van der Waals surface area contributed by atoms with Gasteiger partial charge in [-0.1, -0.05) is 0 Å². The molecule has 4 fully saturated rings. The molecule has 0 radical (unpaired) electrons. The molecule has 0 bridgehead atoms. The Balaban J connectivity index is 1.31. The lowest BCUT2D eigenvalue weighted by molar-refractivity contribution is -0.00940. The number of halogens is 1. The Labute approximate surface area is 193 Å². The van der Waals surface area contributed by atoms with Crippen LogP contribution in [0.15, 0.2) is 12.1 Å². The molecule has 174 valence electrons. The van der Waals surface area contributed by atoms with Crippen LogP contribution in [0.1, 0.15) is 47.7 Å². The van der Waals surface area contributed by atoms with Gasteiger partial charge in [0.1, 0.15) is 5.60 Å². The monoisotopic (exact) mass is 463 g/mol. The molecule has 8 nitrogen and oxygen atoms in total. The van der Waals surface area contributed by atoms with Gasteiger partial charge in [-0.25, -0.2) is 4.98 Å². The first kappa shape index (κ1) is 21.9. The lowest BCUT2D eigenvalue weighted by Gasteiger charge is -2.27. The molecule has 4 heterocycles. The zero-order valence-electron chi connectivity index (χ0n) is 18.4. The Hall–Kier alpha value is -1.90. The van der Waals surface area contributed by atoms with Crippen molar-refractivity contribution in [2.45, 2.75) is 37.2 Å². The Kier molecular flexibility index (Phi) is 6.03. The summed E-state index contributed by atoms with van der Waals surface area (Å²) in [5.41, 5.74) is 0.993. The van der Waals surface area contributed by atoms with Crippen LogP contribution in [0.2, 0.25) is 0 Å². The predicted octanol–water partition coefficient (Wildman–Crippen LogP) is 2.90. The smallest absolute Gasteiger partial charge is 0.316 e. The number of methoxy groups -OCH3 is 1. The van der Waals surface area contributed by atoms with Gasteiger partial charge in [0.25, 0.3) is 5.91 Å². The minimum absolute atomic E-state index is 0.0419. The summed E-state index contributed by atoms with van der Waals surface area (Å²) >= 11 is 5.69. The maximum atomic E-state index is 13.5. The maximum absolute atomic E-state index is 13.5. The normalized spacial score (nSPS) is 28.1. The molecule has 0 spiro atoms. The summed E-state index contributed by atoms with van der Waals surface area (Å²) in [6, 6.07) is 3.69. The van der Waals surface area contributed by atoms with Gasteiger partial charge in [0, 0.05) is 62.6 Å². The first-order valence-electron chi connectivity index (χ1n) is 11.5. The van der Waals surface area contributed by atoms with E-state index in [1.807, 2.05) is 11.0 Å². The van der Waals surface area contributed by atoms with Crippen molar-refractivity contribution in [1.82, 2.24) is 14.8 Å². The van der Waals surface area contributed by atoms with Crippen LogP contribution in [0.25, 0.3) is 0 Å². The fraction of sp³-hybridized carbons (Fsp3) is 0.696. The highest BCUT2D eigenvalue weighted by Crippen LogP contribution is 2.41. The number of carbonyl (C=O) groups is 2. The van der Waals surface area contributed by atoms with Gasteiger partial charge in [-0.05, 0) is 49.3 Å². The number of hydrogen-bond donors (Lipinski definition) is 0. The van der Waals surface area contributed by atoms with Gasteiger partial charge in [-0.15, -0.1) is 0 Å². The Bertz CT molecular complexity index is 888. The van der Waals surface area contributed by atoms with E-state index in [0.717, 1.165) is 44.6 Å². The molecule has 0 unspecified atom stereocenters. The van der Waals surface area contributed by atoms with Gasteiger partial charge >= 0.3 is 5.37 Å². The molecule has 4 aliphatic rings. The van der Waals surface area contributed by atoms with E-state index in [0.29, 0.717) is 56.1 Å². The molecule has 3 aliphatic heterocycles. The molecule has 5 rings (SSSR count). The summed E-state index contributed by atoms with van der Waals surface area (Å²) in [5.74, 6) is 1.41. The van der Waals surface area contributed by atoms with Crippen LogP contribution in [0.4, 0.5) is 4.79 Å². The largest absolute Gasteiger partial charge is 0.477 e. The quantitative estimate of drug-likeness (QED) is 0.476. The second-order valence-electron chi connectivity index (χ2n) is 9.54. The zero-order valence-corrected chi connectivity index (χ0v) is 19.2. The minimum atomic E-state index is -0.561. The van der Waals surface area contributed by atoms with E-state index in [9.17, 15) is 9.59 Å². The first-order valence-corrected chi connectivity index (χ1v) is 11.9.